The molecular weight excluding hydrogens is 535 g/mol. The lowest BCUT2D eigenvalue weighted by molar-refractivity contribution is 0.716. The minimum absolute atomic E-state index is 0. The summed E-state index contributed by atoms with van der Waals surface area (Å²) in [5.74, 6) is 2.48. The first-order chi connectivity index (χ1) is 15.1. The highest BCUT2D eigenvalue weighted by Crippen LogP contribution is 2.13. The molecule has 0 atom stereocenters. The summed E-state index contributed by atoms with van der Waals surface area (Å²) in [6.07, 6.45) is 3.96. The fraction of sp³-hybridized carbons (Fsp3) is 0.455. The molecule has 2 N–H and O–H groups in total. The van der Waals surface area contributed by atoms with E-state index >= 15 is 0 Å². The van der Waals surface area contributed by atoms with Gasteiger partial charge in [-0.2, -0.15) is 0 Å². The number of para-hydroxylation sites is 1. The van der Waals surface area contributed by atoms with Crippen LogP contribution in [-0.2, 0) is 26.6 Å². The van der Waals surface area contributed by atoms with Crippen molar-refractivity contribution < 1.29 is 0 Å². The summed E-state index contributed by atoms with van der Waals surface area (Å²) in [4.78, 5) is 12.8. The van der Waals surface area contributed by atoms with E-state index in [0.717, 1.165) is 48.5 Å². The first kappa shape index (κ1) is 26.0. The Bertz CT molecular complexity index is 969. The van der Waals surface area contributed by atoms with Crippen LogP contribution in [0.2, 0.25) is 0 Å². The number of rotatable bonds is 10. The number of aliphatic imine (C=N–C) groups is 1. The Morgan fingerprint density at radius 1 is 1.19 bits per heavy atom. The van der Waals surface area contributed by atoms with Gasteiger partial charge in [0.2, 0.25) is 0 Å². The maximum Gasteiger partial charge on any atom is 0.192 e. The number of thiazole rings is 1. The molecule has 2 aromatic heterocycles. The van der Waals surface area contributed by atoms with Crippen molar-refractivity contribution in [2.24, 2.45) is 12.0 Å². The number of nitrogens with zero attached hydrogens (tertiary/aromatic N) is 6. The van der Waals surface area contributed by atoms with Crippen LogP contribution in [-0.4, -0.2) is 45.8 Å². The minimum Gasteiger partial charge on any atom is -0.375 e. The van der Waals surface area contributed by atoms with Crippen LogP contribution in [0.3, 0.4) is 0 Å². The van der Waals surface area contributed by atoms with Crippen LogP contribution in [0.15, 0.2) is 41.5 Å². The van der Waals surface area contributed by atoms with Crippen LogP contribution >= 0.6 is 35.3 Å². The van der Waals surface area contributed by atoms with Crippen molar-refractivity contribution in [2.75, 3.05) is 25.0 Å². The average Bonchev–Trinajstić information content (AvgIpc) is 3.39. The molecule has 0 aliphatic rings. The van der Waals surface area contributed by atoms with E-state index in [1.807, 2.05) is 30.8 Å². The zero-order valence-electron chi connectivity index (χ0n) is 19.2. The molecule has 0 fully saturated rings. The van der Waals surface area contributed by atoms with E-state index in [4.69, 9.17) is 4.99 Å². The molecule has 0 saturated carbocycles. The van der Waals surface area contributed by atoms with Gasteiger partial charge in [0.25, 0.3) is 0 Å². The van der Waals surface area contributed by atoms with E-state index in [2.05, 4.69) is 69.0 Å². The predicted molar refractivity (Wildman–Crippen MR) is 143 cm³/mol. The summed E-state index contributed by atoms with van der Waals surface area (Å²) < 4.78 is 1.96. The number of anilines is 1. The molecule has 0 spiro atoms. The molecule has 0 amide bonds. The second-order valence-corrected chi connectivity index (χ2v) is 8.55. The normalized spacial score (nSPS) is 11.2. The van der Waals surface area contributed by atoms with Crippen molar-refractivity contribution in [1.29, 1.82) is 0 Å². The van der Waals surface area contributed by atoms with Gasteiger partial charge in [-0.25, -0.2) is 9.98 Å². The van der Waals surface area contributed by atoms with E-state index in [0.29, 0.717) is 13.1 Å². The molecule has 10 heteroatoms. The number of hydrogen-bond acceptors (Lipinski definition) is 6. The molecule has 2 heterocycles. The number of halogens is 1. The third-order valence-corrected chi connectivity index (χ3v) is 6.22. The van der Waals surface area contributed by atoms with Crippen LogP contribution < -0.4 is 15.5 Å². The third-order valence-electron chi connectivity index (χ3n) is 5.08. The van der Waals surface area contributed by atoms with Crippen LogP contribution in [0, 0.1) is 6.92 Å². The van der Waals surface area contributed by atoms with Gasteiger partial charge in [0.1, 0.15) is 17.4 Å². The molecule has 0 aliphatic heterocycles. The highest BCUT2D eigenvalue weighted by Gasteiger charge is 2.07. The summed E-state index contributed by atoms with van der Waals surface area (Å²) in [6.45, 7) is 6.98. The van der Waals surface area contributed by atoms with Crippen LogP contribution in [0.4, 0.5) is 5.69 Å². The lowest BCUT2D eigenvalue weighted by Gasteiger charge is -2.19. The second kappa shape index (κ2) is 13.4. The second-order valence-electron chi connectivity index (χ2n) is 7.35. The van der Waals surface area contributed by atoms with E-state index < -0.39 is 0 Å². The van der Waals surface area contributed by atoms with Gasteiger partial charge in [-0.1, -0.05) is 25.1 Å². The van der Waals surface area contributed by atoms with Crippen molar-refractivity contribution in [2.45, 2.75) is 39.8 Å². The molecule has 0 saturated heterocycles. The maximum absolute atomic E-state index is 4.72. The third kappa shape index (κ3) is 7.73. The van der Waals surface area contributed by atoms with Gasteiger partial charge in [-0.3, -0.25) is 0 Å². The number of hydrogen-bond donors (Lipinski definition) is 2. The molecule has 32 heavy (non-hydrogen) atoms. The molecule has 0 unspecified atom stereocenters. The Labute approximate surface area is 211 Å². The number of aryl methyl sites for hydroxylation is 2. The number of nitrogens with one attached hydrogen (secondary N) is 2. The van der Waals surface area contributed by atoms with E-state index in [-0.39, 0.29) is 24.0 Å². The van der Waals surface area contributed by atoms with Crippen molar-refractivity contribution in [3.63, 3.8) is 0 Å². The lowest BCUT2D eigenvalue weighted by atomic mass is 10.3. The highest BCUT2D eigenvalue weighted by atomic mass is 127. The lowest BCUT2D eigenvalue weighted by Crippen LogP contribution is -2.38. The summed E-state index contributed by atoms with van der Waals surface area (Å²) in [5.41, 5.74) is 1.22. The van der Waals surface area contributed by atoms with Gasteiger partial charge in [0, 0.05) is 43.9 Å². The smallest absolute Gasteiger partial charge is 0.192 e. The zero-order valence-corrected chi connectivity index (χ0v) is 22.4. The molecule has 174 valence electrons. The average molecular weight is 569 g/mol. The van der Waals surface area contributed by atoms with Crippen LogP contribution in [0.5, 0.6) is 0 Å². The fourth-order valence-corrected chi connectivity index (χ4v) is 3.80. The Morgan fingerprint density at radius 2 is 1.97 bits per heavy atom. The van der Waals surface area contributed by atoms with Gasteiger partial charge in [0.05, 0.1) is 6.54 Å². The van der Waals surface area contributed by atoms with E-state index in [1.165, 1.54) is 10.6 Å². The van der Waals surface area contributed by atoms with E-state index in [1.54, 1.807) is 11.3 Å². The highest BCUT2D eigenvalue weighted by molar-refractivity contribution is 14.0. The number of guanidine groups is 1. The Kier molecular flexibility index (Phi) is 10.9. The molecule has 0 aliphatic carbocycles. The first-order valence-electron chi connectivity index (χ1n) is 10.6. The molecule has 8 nitrogen and oxygen atoms in total. The van der Waals surface area contributed by atoms with Gasteiger partial charge in [0.15, 0.2) is 11.8 Å². The largest absolute Gasteiger partial charge is 0.375 e. The summed E-state index contributed by atoms with van der Waals surface area (Å²) >= 11 is 1.74. The van der Waals surface area contributed by atoms with E-state index in [9.17, 15) is 0 Å². The van der Waals surface area contributed by atoms with Gasteiger partial charge in [-0.15, -0.1) is 45.5 Å². The van der Waals surface area contributed by atoms with Crippen molar-refractivity contribution in [3.05, 3.63) is 58.1 Å². The molecule has 0 radical (unpaired) electrons. The van der Waals surface area contributed by atoms with Crippen molar-refractivity contribution in [3.8, 4) is 0 Å². The predicted octanol–water partition coefficient (Wildman–Crippen LogP) is 3.52. The molecule has 0 bridgehead atoms. The zero-order chi connectivity index (χ0) is 22.1. The topological polar surface area (TPSA) is 83.3 Å². The minimum atomic E-state index is 0. The van der Waals surface area contributed by atoms with Crippen LogP contribution in [0.25, 0.3) is 0 Å². The molecule has 3 aromatic rings. The maximum atomic E-state index is 4.72. The molecule has 1 aromatic carbocycles. The quantitative estimate of drug-likeness (QED) is 0.169. The van der Waals surface area contributed by atoms with Crippen molar-refractivity contribution >= 4 is 47.0 Å². The Hall–Kier alpha value is -2.21. The standard InChI is InChI=1S/C22H32N8S.HI/c1-5-19-14-24-21(31-19)16-26-22(25-15-20-28-27-17(2)30(20)4)23-12-9-13-29(3)18-10-7-6-8-11-18;/h6-8,10-11,14H,5,9,12-13,15-16H2,1-4H3,(H2,23,25,26);1H. The summed E-state index contributed by atoms with van der Waals surface area (Å²) in [6, 6.07) is 10.4. The van der Waals surface area contributed by atoms with Crippen LogP contribution in [0.1, 0.15) is 34.9 Å². The monoisotopic (exact) mass is 568 g/mol. The summed E-state index contributed by atoms with van der Waals surface area (Å²) in [5, 5.41) is 16.2. The van der Waals surface area contributed by atoms with Crippen molar-refractivity contribution in [1.82, 2.24) is 30.4 Å². The van der Waals surface area contributed by atoms with Gasteiger partial charge < -0.3 is 20.1 Å². The number of aromatic nitrogens is 4. The Balaban J connectivity index is 0.00000363. The number of benzene rings is 1. The summed E-state index contributed by atoms with van der Waals surface area (Å²) in [7, 11) is 4.08. The van der Waals surface area contributed by atoms with Gasteiger partial charge in [-0.05, 0) is 31.9 Å². The molecular formula is C22H33IN8S. The van der Waals surface area contributed by atoms with Gasteiger partial charge >= 0.3 is 0 Å². The Morgan fingerprint density at radius 3 is 2.62 bits per heavy atom. The fourth-order valence-electron chi connectivity index (χ4n) is 3.00. The first-order valence-corrected chi connectivity index (χ1v) is 11.4. The molecule has 3 rings (SSSR count). The SMILES string of the molecule is CCc1cnc(CNC(=NCc2nnc(C)n2C)NCCCN(C)c2ccccc2)s1.I.